The normalized spacial score (nSPS) is 15.3. The zero-order chi connectivity index (χ0) is 15.0. The number of aliphatic hydroxyl groups excluding tert-OH is 1. The van der Waals surface area contributed by atoms with Crippen molar-refractivity contribution in [3.8, 4) is 0 Å². The Labute approximate surface area is 139 Å². The largest absolute Gasteiger partial charge is 0.384 e. The van der Waals surface area contributed by atoms with Crippen LogP contribution in [0.5, 0.6) is 0 Å². The number of nitrogens with one attached hydrogen (secondary N) is 1. The summed E-state index contributed by atoms with van der Waals surface area (Å²) >= 11 is 6.84. The predicted octanol–water partition coefficient (Wildman–Crippen LogP) is 3.58. The molecule has 0 spiro atoms. The highest BCUT2D eigenvalue weighted by Crippen LogP contribution is 2.29. The minimum Gasteiger partial charge on any atom is -0.384 e. The van der Waals surface area contributed by atoms with Crippen molar-refractivity contribution in [2.45, 2.75) is 12.5 Å². The Hall–Kier alpha value is -1.17. The van der Waals surface area contributed by atoms with E-state index in [0.29, 0.717) is 12.1 Å². The highest BCUT2D eigenvalue weighted by Gasteiger charge is 2.19. The van der Waals surface area contributed by atoms with Gasteiger partial charge in [0.25, 0.3) is 5.91 Å². The van der Waals surface area contributed by atoms with Crippen LogP contribution in [0.4, 0.5) is 0 Å². The molecule has 1 atom stereocenters. The molecule has 0 fully saturated rings. The number of aliphatic hydroxyl groups is 1. The molecule has 0 bridgehead atoms. The Morgan fingerprint density at radius 3 is 2.48 bits per heavy atom. The van der Waals surface area contributed by atoms with Crippen LogP contribution in [0.15, 0.2) is 45.3 Å². The Morgan fingerprint density at radius 1 is 1.05 bits per heavy atom. The predicted molar refractivity (Wildman–Crippen MR) is 88.4 cm³/mol. The molecule has 1 unspecified atom stereocenters. The highest BCUT2D eigenvalue weighted by molar-refractivity contribution is 9.11. The number of hydrogen-bond donors (Lipinski definition) is 2. The fraction of sp³-hybridized carbons (Fsp3) is 0.188. The van der Waals surface area contributed by atoms with E-state index in [1.165, 1.54) is 0 Å². The molecule has 108 valence electrons. The SMILES string of the molecule is O=C1NCCc2ccc(C(O)c3cc(Br)cc(Br)c3)cc21. The lowest BCUT2D eigenvalue weighted by molar-refractivity contribution is 0.0945. The Kier molecular flexibility index (Phi) is 4.15. The first kappa shape index (κ1) is 14.8. The van der Waals surface area contributed by atoms with E-state index in [2.05, 4.69) is 37.2 Å². The van der Waals surface area contributed by atoms with Gasteiger partial charge in [0.05, 0.1) is 0 Å². The number of carbonyl (C=O) groups excluding carboxylic acids is 1. The smallest absolute Gasteiger partial charge is 0.251 e. The van der Waals surface area contributed by atoms with Gasteiger partial charge >= 0.3 is 0 Å². The van der Waals surface area contributed by atoms with Gasteiger partial charge in [-0.25, -0.2) is 0 Å². The fourth-order valence-electron chi connectivity index (χ4n) is 2.52. The van der Waals surface area contributed by atoms with Crippen LogP contribution in [0.3, 0.4) is 0 Å². The fourth-order valence-corrected chi connectivity index (χ4v) is 3.85. The Bertz CT molecular complexity index is 695. The summed E-state index contributed by atoms with van der Waals surface area (Å²) in [5.74, 6) is -0.0688. The molecule has 0 radical (unpaired) electrons. The topological polar surface area (TPSA) is 49.3 Å². The average molecular weight is 411 g/mol. The first-order valence-corrected chi connectivity index (χ1v) is 8.18. The number of fused-ring (bicyclic) bond motifs is 1. The number of halogens is 2. The molecule has 5 heteroatoms. The van der Waals surface area contributed by atoms with Gasteiger partial charge in [0.1, 0.15) is 6.10 Å². The van der Waals surface area contributed by atoms with Gasteiger partial charge in [-0.1, -0.05) is 44.0 Å². The quantitative estimate of drug-likeness (QED) is 0.794. The molecule has 1 aliphatic rings. The van der Waals surface area contributed by atoms with Gasteiger partial charge in [-0.05, 0) is 47.4 Å². The Balaban J connectivity index is 2.00. The second-order valence-electron chi connectivity index (χ2n) is 5.03. The maximum Gasteiger partial charge on any atom is 0.251 e. The lowest BCUT2D eigenvalue weighted by Gasteiger charge is -2.19. The maximum atomic E-state index is 11.9. The molecule has 2 aromatic carbocycles. The van der Waals surface area contributed by atoms with Crippen LogP contribution in [0.25, 0.3) is 0 Å². The van der Waals surface area contributed by atoms with Crippen LogP contribution < -0.4 is 5.32 Å². The molecule has 0 saturated carbocycles. The van der Waals surface area contributed by atoms with Crippen LogP contribution in [0.1, 0.15) is 33.2 Å². The first-order valence-electron chi connectivity index (χ1n) is 6.59. The summed E-state index contributed by atoms with van der Waals surface area (Å²) in [6.07, 6.45) is 0.0682. The molecule has 0 saturated heterocycles. The third-order valence-corrected chi connectivity index (χ3v) is 4.49. The number of hydrogen-bond acceptors (Lipinski definition) is 2. The van der Waals surface area contributed by atoms with Gasteiger partial charge in [0.15, 0.2) is 0 Å². The van der Waals surface area contributed by atoms with Crippen LogP contribution >= 0.6 is 31.9 Å². The Morgan fingerprint density at radius 2 is 1.76 bits per heavy atom. The number of carbonyl (C=O) groups is 1. The van der Waals surface area contributed by atoms with Gasteiger partial charge < -0.3 is 10.4 Å². The summed E-state index contributed by atoms with van der Waals surface area (Å²) in [6.45, 7) is 0.673. The van der Waals surface area contributed by atoms with E-state index in [0.717, 1.165) is 32.1 Å². The third kappa shape index (κ3) is 3.05. The van der Waals surface area contributed by atoms with Gasteiger partial charge in [0.2, 0.25) is 0 Å². The minimum atomic E-state index is -0.765. The van der Waals surface area contributed by atoms with E-state index in [4.69, 9.17) is 0 Å². The third-order valence-electron chi connectivity index (χ3n) is 3.57. The lowest BCUT2D eigenvalue weighted by Crippen LogP contribution is -2.31. The van der Waals surface area contributed by atoms with Crippen molar-refractivity contribution in [2.24, 2.45) is 0 Å². The van der Waals surface area contributed by atoms with E-state index in [1.54, 1.807) is 6.07 Å². The van der Waals surface area contributed by atoms with Gasteiger partial charge in [0, 0.05) is 21.1 Å². The number of benzene rings is 2. The summed E-state index contributed by atoms with van der Waals surface area (Å²) in [7, 11) is 0. The minimum absolute atomic E-state index is 0.0688. The van der Waals surface area contributed by atoms with Crippen molar-refractivity contribution in [3.63, 3.8) is 0 Å². The number of rotatable bonds is 2. The van der Waals surface area contributed by atoms with Crippen molar-refractivity contribution < 1.29 is 9.90 Å². The second kappa shape index (κ2) is 5.91. The van der Waals surface area contributed by atoms with Crippen molar-refractivity contribution in [2.75, 3.05) is 6.54 Å². The molecule has 0 aromatic heterocycles. The molecule has 3 rings (SSSR count). The molecule has 2 N–H and O–H groups in total. The summed E-state index contributed by atoms with van der Waals surface area (Å²) in [5.41, 5.74) is 3.18. The maximum absolute atomic E-state index is 11.9. The van der Waals surface area contributed by atoms with E-state index >= 15 is 0 Å². The molecule has 0 aliphatic carbocycles. The van der Waals surface area contributed by atoms with E-state index in [-0.39, 0.29) is 5.91 Å². The van der Waals surface area contributed by atoms with Gasteiger partial charge in [-0.2, -0.15) is 0 Å². The van der Waals surface area contributed by atoms with Crippen LogP contribution in [-0.4, -0.2) is 17.6 Å². The van der Waals surface area contributed by atoms with E-state index in [1.807, 2.05) is 30.3 Å². The zero-order valence-electron chi connectivity index (χ0n) is 11.1. The van der Waals surface area contributed by atoms with Crippen LogP contribution in [0, 0.1) is 0 Å². The summed E-state index contributed by atoms with van der Waals surface area (Å²) in [5, 5.41) is 13.4. The lowest BCUT2D eigenvalue weighted by atomic mass is 9.94. The number of amides is 1. The molecule has 1 aliphatic heterocycles. The molecular formula is C16H13Br2NO2. The van der Waals surface area contributed by atoms with Crippen molar-refractivity contribution in [1.29, 1.82) is 0 Å². The standard InChI is InChI=1S/C16H13Br2NO2/c17-12-5-11(6-13(18)8-12)15(20)10-2-1-9-3-4-19-16(21)14(9)7-10/h1-2,5-8,15,20H,3-4H2,(H,19,21). The first-order chi connectivity index (χ1) is 10.0. The molecular weight excluding hydrogens is 398 g/mol. The summed E-state index contributed by atoms with van der Waals surface area (Å²) < 4.78 is 1.78. The van der Waals surface area contributed by atoms with Crippen LogP contribution in [-0.2, 0) is 6.42 Å². The highest BCUT2D eigenvalue weighted by atomic mass is 79.9. The monoisotopic (exact) mass is 409 g/mol. The van der Waals surface area contributed by atoms with Crippen molar-refractivity contribution in [1.82, 2.24) is 5.32 Å². The average Bonchev–Trinajstić information content (AvgIpc) is 2.45. The van der Waals surface area contributed by atoms with E-state index in [9.17, 15) is 9.90 Å². The summed E-state index contributed by atoms with van der Waals surface area (Å²) in [6, 6.07) is 11.3. The summed E-state index contributed by atoms with van der Waals surface area (Å²) in [4.78, 5) is 11.9. The van der Waals surface area contributed by atoms with Gasteiger partial charge in [-0.3, -0.25) is 4.79 Å². The zero-order valence-corrected chi connectivity index (χ0v) is 14.2. The molecule has 3 nitrogen and oxygen atoms in total. The molecule has 1 amide bonds. The molecule has 21 heavy (non-hydrogen) atoms. The van der Waals surface area contributed by atoms with Gasteiger partial charge in [-0.15, -0.1) is 0 Å². The van der Waals surface area contributed by atoms with Crippen molar-refractivity contribution >= 4 is 37.8 Å². The molecule has 2 aromatic rings. The van der Waals surface area contributed by atoms with E-state index < -0.39 is 6.10 Å². The van der Waals surface area contributed by atoms with Crippen LogP contribution in [0.2, 0.25) is 0 Å². The molecule has 1 heterocycles. The van der Waals surface area contributed by atoms with Crippen molar-refractivity contribution in [3.05, 3.63) is 67.6 Å². The second-order valence-corrected chi connectivity index (χ2v) is 6.86.